The molecule has 1 N–H and O–H groups in total. The highest BCUT2D eigenvalue weighted by atomic mass is 32.2. The predicted octanol–water partition coefficient (Wildman–Crippen LogP) is 0.690. The fourth-order valence-corrected chi connectivity index (χ4v) is 4.60. The van der Waals surface area contributed by atoms with Gasteiger partial charge in [-0.15, -0.1) is 0 Å². The van der Waals surface area contributed by atoms with Gasteiger partial charge in [0, 0.05) is 26.2 Å². The Balaban J connectivity index is 1.55. The summed E-state index contributed by atoms with van der Waals surface area (Å²) in [5, 5.41) is 2.79. The van der Waals surface area contributed by atoms with E-state index in [0.29, 0.717) is 44.2 Å². The Hall–Kier alpha value is -1.68. The largest absolute Gasteiger partial charge is 0.484 e. The number of morpholine rings is 1. The van der Waals surface area contributed by atoms with Crippen LogP contribution in [0.15, 0.2) is 23.1 Å². The fourth-order valence-electron chi connectivity index (χ4n) is 3.11. The Morgan fingerprint density at radius 3 is 2.74 bits per heavy atom. The van der Waals surface area contributed by atoms with Crippen molar-refractivity contribution in [3.05, 3.63) is 23.8 Å². The average Bonchev–Trinajstić information content (AvgIpc) is 3.19. The summed E-state index contributed by atoms with van der Waals surface area (Å²) in [5.74, 6) is 0.262. The minimum absolute atomic E-state index is 0.0837. The van der Waals surface area contributed by atoms with Crippen molar-refractivity contribution in [2.45, 2.75) is 30.8 Å². The van der Waals surface area contributed by atoms with E-state index < -0.39 is 10.0 Å². The number of ether oxygens (including phenoxy) is 3. The van der Waals surface area contributed by atoms with E-state index in [-0.39, 0.29) is 23.5 Å². The molecule has 150 valence electrons. The monoisotopic (exact) mass is 398 g/mol. The first-order chi connectivity index (χ1) is 13.0. The van der Waals surface area contributed by atoms with Crippen molar-refractivity contribution in [1.29, 1.82) is 0 Å². The van der Waals surface area contributed by atoms with E-state index in [0.717, 1.165) is 19.4 Å². The van der Waals surface area contributed by atoms with Gasteiger partial charge in [-0.1, -0.05) is 0 Å². The van der Waals surface area contributed by atoms with Crippen LogP contribution in [0.3, 0.4) is 0 Å². The third-order valence-corrected chi connectivity index (χ3v) is 6.56. The van der Waals surface area contributed by atoms with Crippen molar-refractivity contribution in [3.8, 4) is 5.75 Å². The van der Waals surface area contributed by atoms with Crippen LogP contribution in [0, 0.1) is 6.92 Å². The standard InChI is InChI=1S/C18H26N2O6S/c1-14-11-16(27(22,23)20-6-9-24-10-7-20)4-5-17(14)26-13-18(21)19-12-15-3-2-8-25-15/h4-5,11,15H,2-3,6-10,12-13H2,1H3,(H,19,21)/t15-/m0/s1. The van der Waals surface area contributed by atoms with Gasteiger partial charge in [-0.3, -0.25) is 4.79 Å². The molecule has 2 saturated heterocycles. The SMILES string of the molecule is Cc1cc(S(=O)(=O)N2CCOCC2)ccc1OCC(=O)NC[C@@H]1CCCO1. The van der Waals surface area contributed by atoms with Gasteiger partial charge in [0.25, 0.3) is 5.91 Å². The molecular formula is C18H26N2O6S. The summed E-state index contributed by atoms with van der Waals surface area (Å²) in [5.41, 5.74) is 0.663. The summed E-state index contributed by atoms with van der Waals surface area (Å²) in [6, 6.07) is 4.68. The van der Waals surface area contributed by atoms with Crippen LogP contribution >= 0.6 is 0 Å². The molecule has 1 amide bonds. The summed E-state index contributed by atoms with van der Waals surface area (Å²) >= 11 is 0. The molecule has 2 aliphatic rings. The lowest BCUT2D eigenvalue weighted by Crippen LogP contribution is -2.40. The Morgan fingerprint density at radius 1 is 1.30 bits per heavy atom. The summed E-state index contributed by atoms with van der Waals surface area (Å²) in [4.78, 5) is 12.1. The second kappa shape index (κ2) is 9.01. The summed E-state index contributed by atoms with van der Waals surface area (Å²) in [7, 11) is -3.55. The van der Waals surface area contributed by atoms with E-state index in [9.17, 15) is 13.2 Å². The molecule has 0 spiro atoms. The lowest BCUT2D eigenvalue weighted by molar-refractivity contribution is -0.123. The molecule has 0 aromatic heterocycles. The zero-order chi connectivity index (χ0) is 19.3. The van der Waals surface area contributed by atoms with E-state index in [1.807, 2.05) is 0 Å². The molecule has 0 bridgehead atoms. The van der Waals surface area contributed by atoms with Crippen LogP contribution in [-0.4, -0.2) is 70.8 Å². The molecule has 27 heavy (non-hydrogen) atoms. The quantitative estimate of drug-likeness (QED) is 0.726. The van der Waals surface area contributed by atoms with Crippen molar-refractivity contribution in [2.75, 3.05) is 46.1 Å². The van der Waals surface area contributed by atoms with Gasteiger partial charge in [-0.2, -0.15) is 4.31 Å². The Kier molecular flexibility index (Phi) is 6.69. The highest BCUT2D eigenvalue weighted by Gasteiger charge is 2.26. The molecule has 0 radical (unpaired) electrons. The molecule has 2 fully saturated rings. The third-order valence-electron chi connectivity index (χ3n) is 4.66. The fraction of sp³-hybridized carbons (Fsp3) is 0.611. The highest BCUT2D eigenvalue weighted by molar-refractivity contribution is 7.89. The number of aryl methyl sites for hydroxylation is 1. The molecule has 2 heterocycles. The van der Waals surface area contributed by atoms with Crippen LogP contribution in [0.2, 0.25) is 0 Å². The molecular weight excluding hydrogens is 372 g/mol. The van der Waals surface area contributed by atoms with Crippen molar-refractivity contribution >= 4 is 15.9 Å². The number of sulfonamides is 1. The molecule has 3 rings (SSSR count). The van der Waals surface area contributed by atoms with Crippen molar-refractivity contribution in [2.24, 2.45) is 0 Å². The minimum atomic E-state index is -3.55. The number of carbonyl (C=O) groups is 1. The Morgan fingerprint density at radius 2 is 2.07 bits per heavy atom. The molecule has 0 unspecified atom stereocenters. The molecule has 1 aromatic rings. The van der Waals surface area contributed by atoms with E-state index in [4.69, 9.17) is 14.2 Å². The molecule has 1 aromatic carbocycles. The number of nitrogens with zero attached hydrogens (tertiary/aromatic N) is 1. The van der Waals surface area contributed by atoms with Crippen LogP contribution in [-0.2, 0) is 24.3 Å². The van der Waals surface area contributed by atoms with Gasteiger partial charge in [0.15, 0.2) is 6.61 Å². The van der Waals surface area contributed by atoms with E-state index >= 15 is 0 Å². The van der Waals surface area contributed by atoms with E-state index in [1.54, 1.807) is 19.1 Å². The van der Waals surface area contributed by atoms with Crippen molar-refractivity contribution in [3.63, 3.8) is 0 Å². The molecule has 1 atom stereocenters. The van der Waals surface area contributed by atoms with Crippen molar-refractivity contribution in [1.82, 2.24) is 9.62 Å². The van der Waals surface area contributed by atoms with Crippen LogP contribution in [0.4, 0.5) is 0 Å². The molecule has 2 aliphatic heterocycles. The van der Waals surface area contributed by atoms with E-state index in [1.165, 1.54) is 10.4 Å². The number of hydrogen-bond acceptors (Lipinski definition) is 6. The first-order valence-electron chi connectivity index (χ1n) is 9.16. The second-order valence-electron chi connectivity index (χ2n) is 6.67. The number of amides is 1. The lowest BCUT2D eigenvalue weighted by atomic mass is 10.2. The molecule has 8 nitrogen and oxygen atoms in total. The average molecular weight is 398 g/mol. The minimum Gasteiger partial charge on any atom is -0.484 e. The maximum atomic E-state index is 12.7. The molecule has 0 saturated carbocycles. The normalized spacial score (nSPS) is 21.1. The number of carbonyl (C=O) groups excluding carboxylic acids is 1. The zero-order valence-corrected chi connectivity index (χ0v) is 16.3. The second-order valence-corrected chi connectivity index (χ2v) is 8.61. The molecule has 0 aliphatic carbocycles. The van der Waals surface area contributed by atoms with Gasteiger partial charge >= 0.3 is 0 Å². The first kappa shape index (κ1) is 20.1. The van der Waals surface area contributed by atoms with Gasteiger partial charge in [0.1, 0.15) is 5.75 Å². The number of benzene rings is 1. The van der Waals surface area contributed by atoms with Gasteiger partial charge in [-0.25, -0.2) is 8.42 Å². The topological polar surface area (TPSA) is 94.2 Å². The highest BCUT2D eigenvalue weighted by Crippen LogP contribution is 2.24. The Bertz CT molecular complexity index is 755. The van der Waals surface area contributed by atoms with Gasteiger partial charge in [-0.05, 0) is 43.5 Å². The maximum absolute atomic E-state index is 12.7. The van der Waals surface area contributed by atoms with Crippen LogP contribution in [0.25, 0.3) is 0 Å². The van der Waals surface area contributed by atoms with Crippen LogP contribution < -0.4 is 10.1 Å². The maximum Gasteiger partial charge on any atom is 0.258 e. The van der Waals surface area contributed by atoms with Crippen LogP contribution in [0.5, 0.6) is 5.75 Å². The van der Waals surface area contributed by atoms with Gasteiger partial charge in [0.05, 0.1) is 24.2 Å². The molecule has 9 heteroatoms. The number of nitrogens with one attached hydrogen (secondary N) is 1. The number of rotatable bonds is 7. The first-order valence-corrected chi connectivity index (χ1v) is 10.6. The number of hydrogen-bond donors (Lipinski definition) is 1. The third kappa shape index (κ3) is 5.19. The summed E-state index contributed by atoms with van der Waals surface area (Å²) in [6.07, 6.45) is 2.07. The zero-order valence-electron chi connectivity index (χ0n) is 15.5. The van der Waals surface area contributed by atoms with Gasteiger partial charge < -0.3 is 19.5 Å². The van der Waals surface area contributed by atoms with Gasteiger partial charge in [0.2, 0.25) is 10.0 Å². The smallest absolute Gasteiger partial charge is 0.258 e. The Labute approximate surface area is 159 Å². The summed E-state index contributed by atoms with van der Waals surface area (Å²) < 4.78 is 43.0. The van der Waals surface area contributed by atoms with E-state index in [2.05, 4.69) is 5.32 Å². The lowest BCUT2D eigenvalue weighted by Gasteiger charge is -2.26. The van der Waals surface area contributed by atoms with Crippen LogP contribution in [0.1, 0.15) is 18.4 Å². The summed E-state index contributed by atoms with van der Waals surface area (Å²) in [6.45, 7) is 4.38. The van der Waals surface area contributed by atoms with Crippen molar-refractivity contribution < 1.29 is 27.4 Å². The predicted molar refractivity (Wildman–Crippen MR) is 98.2 cm³/mol.